The molecule has 1 aliphatic rings. The van der Waals surface area contributed by atoms with Gasteiger partial charge in [0.25, 0.3) is 0 Å². The average Bonchev–Trinajstić information content (AvgIpc) is 2.92. The minimum Gasteiger partial charge on any atom is -0.329 e. The van der Waals surface area contributed by atoms with Crippen LogP contribution in [0.15, 0.2) is 11.6 Å². The fourth-order valence-electron chi connectivity index (χ4n) is 1.75. The number of hydrogen-bond donors (Lipinski definition) is 1. The highest BCUT2D eigenvalue weighted by atomic mass is 32.1. The fourth-order valence-corrected chi connectivity index (χ4v) is 2.45. The van der Waals surface area contributed by atoms with Gasteiger partial charge in [0.1, 0.15) is 5.01 Å². The molecule has 0 radical (unpaired) electrons. The van der Waals surface area contributed by atoms with Crippen molar-refractivity contribution >= 4 is 17.2 Å². The number of thiazole rings is 1. The van der Waals surface area contributed by atoms with Crippen molar-refractivity contribution in [3.63, 3.8) is 0 Å². The van der Waals surface area contributed by atoms with E-state index >= 15 is 0 Å². The van der Waals surface area contributed by atoms with Crippen LogP contribution in [0, 0.1) is 0 Å². The first kappa shape index (κ1) is 10.6. The summed E-state index contributed by atoms with van der Waals surface area (Å²) in [6.07, 6.45) is 3.97. The van der Waals surface area contributed by atoms with Crippen LogP contribution in [0.2, 0.25) is 0 Å². The summed E-state index contributed by atoms with van der Waals surface area (Å²) in [6, 6.07) is 0.452. The van der Waals surface area contributed by atoms with Crippen LogP contribution < -0.4 is 5.73 Å². The summed E-state index contributed by atoms with van der Waals surface area (Å²) in [4.78, 5) is 17.8. The molecule has 0 bridgehead atoms. The second-order valence-electron chi connectivity index (χ2n) is 3.78. The van der Waals surface area contributed by atoms with Crippen LogP contribution in [0.3, 0.4) is 0 Å². The van der Waals surface area contributed by atoms with Crippen LogP contribution in [-0.2, 0) is 4.79 Å². The molecule has 0 saturated heterocycles. The largest absolute Gasteiger partial charge is 0.329 e. The topological polar surface area (TPSA) is 59.2 Å². The number of aromatic nitrogens is 1. The predicted molar refractivity (Wildman–Crippen MR) is 59.5 cm³/mol. The molecular formula is C10H15N3OS. The van der Waals surface area contributed by atoms with Crippen molar-refractivity contribution in [1.82, 2.24) is 9.88 Å². The van der Waals surface area contributed by atoms with E-state index in [9.17, 15) is 4.79 Å². The highest BCUT2D eigenvalue weighted by Crippen LogP contribution is 2.34. The van der Waals surface area contributed by atoms with E-state index in [0.717, 1.165) is 17.8 Å². The molecule has 2 rings (SSSR count). The lowest BCUT2D eigenvalue weighted by atomic mass is 10.2. The molecule has 1 amide bonds. The molecule has 5 heteroatoms. The molecule has 1 aromatic heterocycles. The summed E-state index contributed by atoms with van der Waals surface area (Å²) in [5.74, 6) is 0.0280. The summed E-state index contributed by atoms with van der Waals surface area (Å²) >= 11 is 1.59. The van der Waals surface area contributed by atoms with Gasteiger partial charge in [0.2, 0.25) is 5.91 Å². The van der Waals surface area contributed by atoms with Crippen LogP contribution in [0.1, 0.15) is 30.8 Å². The Morgan fingerprint density at radius 3 is 3.00 bits per heavy atom. The number of rotatable bonds is 4. The molecule has 4 nitrogen and oxygen atoms in total. The Bertz CT molecular complexity index is 334. The number of carbonyl (C=O) groups is 1. The molecule has 1 atom stereocenters. The third-order valence-corrected chi connectivity index (χ3v) is 3.57. The van der Waals surface area contributed by atoms with Gasteiger partial charge in [0.15, 0.2) is 0 Å². The molecule has 0 unspecified atom stereocenters. The number of nitrogens with zero attached hydrogens (tertiary/aromatic N) is 2. The van der Waals surface area contributed by atoms with Crippen molar-refractivity contribution < 1.29 is 4.79 Å². The predicted octanol–water partition coefficient (Wildman–Crippen LogP) is 1.15. The SMILES string of the molecule is C[C@@H](c1nccs1)N(C(=O)CN)C1CC1. The van der Waals surface area contributed by atoms with E-state index in [1.54, 1.807) is 17.5 Å². The molecule has 1 saturated carbocycles. The summed E-state index contributed by atoms with van der Waals surface area (Å²) in [5.41, 5.74) is 5.42. The third kappa shape index (κ3) is 2.18. The van der Waals surface area contributed by atoms with Gasteiger partial charge in [-0.3, -0.25) is 4.79 Å². The van der Waals surface area contributed by atoms with Gasteiger partial charge >= 0.3 is 0 Å². The lowest BCUT2D eigenvalue weighted by Gasteiger charge is -2.27. The Morgan fingerprint density at radius 2 is 2.53 bits per heavy atom. The molecule has 0 spiro atoms. The summed E-state index contributed by atoms with van der Waals surface area (Å²) in [6.45, 7) is 2.11. The van der Waals surface area contributed by atoms with Gasteiger partial charge in [-0.2, -0.15) is 0 Å². The van der Waals surface area contributed by atoms with Crippen LogP contribution in [0.4, 0.5) is 0 Å². The van der Waals surface area contributed by atoms with Gasteiger partial charge in [-0.25, -0.2) is 4.98 Å². The zero-order valence-electron chi connectivity index (χ0n) is 8.72. The minimum absolute atomic E-state index is 0.0280. The lowest BCUT2D eigenvalue weighted by molar-refractivity contribution is -0.132. The Labute approximate surface area is 93.1 Å². The van der Waals surface area contributed by atoms with Crippen LogP contribution in [0.25, 0.3) is 0 Å². The molecule has 1 aromatic rings. The average molecular weight is 225 g/mol. The first-order valence-electron chi connectivity index (χ1n) is 5.14. The van der Waals surface area contributed by atoms with Gasteiger partial charge in [-0.1, -0.05) is 0 Å². The van der Waals surface area contributed by atoms with E-state index in [-0.39, 0.29) is 18.5 Å². The Morgan fingerprint density at radius 1 is 1.80 bits per heavy atom. The molecule has 1 fully saturated rings. The molecule has 15 heavy (non-hydrogen) atoms. The van der Waals surface area contributed by atoms with Crippen molar-refractivity contribution in [2.45, 2.75) is 31.8 Å². The molecule has 1 heterocycles. The van der Waals surface area contributed by atoms with Crippen LogP contribution >= 0.6 is 11.3 Å². The zero-order chi connectivity index (χ0) is 10.8. The van der Waals surface area contributed by atoms with Crippen molar-refractivity contribution in [3.05, 3.63) is 16.6 Å². The normalized spacial score (nSPS) is 17.5. The van der Waals surface area contributed by atoms with Gasteiger partial charge in [0, 0.05) is 17.6 Å². The lowest BCUT2D eigenvalue weighted by Crippen LogP contribution is -2.39. The second kappa shape index (κ2) is 4.28. The standard InChI is InChI=1S/C10H15N3OS/c1-7(10-12-4-5-15-10)13(8-2-3-8)9(14)6-11/h4-5,7-8H,2-3,6,11H2,1H3/t7-/m0/s1. The van der Waals surface area contributed by atoms with Crippen molar-refractivity contribution in [2.75, 3.05) is 6.54 Å². The van der Waals surface area contributed by atoms with E-state index in [1.807, 2.05) is 17.2 Å². The maximum Gasteiger partial charge on any atom is 0.237 e. The fraction of sp³-hybridized carbons (Fsp3) is 0.600. The maximum absolute atomic E-state index is 11.7. The van der Waals surface area contributed by atoms with Gasteiger partial charge in [-0.15, -0.1) is 11.3 Å². The van der Waals surface area contributed by atoms with Crippen molar-refractivity contribution in [2.24, 2.45) is 5.73 Å². The van der Waals surface area contributed by atoms with E-state index in [1.165, 1.54) is 0 Å². The molecule has 2 N–H and O–H groups in total. The Kier molecular flexibility index (Phi) is 3.02. The van der Waals surface area contributed by atoms with Crippen LogP contribution in [0.5, 0.6) is 0 Å². The minimum atomic E-state index is 0.0280. The molecular weight excluding hydrogens is 210 g/mol. The van der Waals surface area contributed by atoms with Gasteiger partial charge < -0.3 is 10.6 Å². The van der Waals surface area contributed by atoms with E-state index in [2.05, 4.69) is 4.98 Å². The molecule has 82 valence electrons. The van der Waals surface area contributed by atoms with E-state index < -0.39 is 0 Å². The highest BCUT2D eigenvalue weighted by Gasteiger charge is 2.36. The van der Waals surface area contributed by atoms with Crippen molar-refractivity contribution in [3.8, 4) is 0 Å². The van der Waals surface area contributed by atoms with Crippen LogP contribution in [-0.4, -0.2) is 28.4 Å². The first-order valence-corrected chi connectivity index (χ1v) is 6.02. The quantitative estimate of drug-likeness (QED) is 0.836. The summed E-state index contributed by atoms with van der Waals surface area (Å²) in [5, 5.41) is 2.92. The van der Waals surface area contributed by atoms with Gasteiger partial charge in [-0.05, 0) is 19.8 Å². The molecule has 0 aliphatic heterocycles. The Hall–Kier alpha value is -0.940. The molecule has 0 aromatic carbocycles. The number of hydrogen-bond acceptors (Lipinski definition) is 4. The Balaban J connectivity index is 2.14. The highest BCUT2D eigenvalue weighted by molar-refractivity contribution is 7.09. The van der Waals surface area contributed by atoms with Crippen molar-refractivity contribution in [1.29, 1.82) is 0 Å². The van der Waals surface area contributed by atoms with E-state index in [0.29, 0.717) is 6.04 Å². The smallest absolute Gasteiger partial charge is 0.237 e. The summed E-state index contributed by atoms with van der Waals surface area (Å²) in [7, 11) is 0. The number of carbonyl (C=O) groups excluding carboxylic acids is 1. The second-order valence-corrected chi connectivity index (χ2v) is 4.71. The monoisotopic (exact) mass is 225 g/mol. The number of nitrogens with two attached hydrogens (primary N) is 1. The first-order chi connectivity index (χ1) is 7.24. The zero-order valence-corrected chi connectivity index (χ0v) is 9.54. The van der Waals surface area contributed by atoms with Gasteiger partial charge in [0.05, 0.1) is 12.6 Å². The summed E-state index contributed by atoms with van der Waals surface area (Å²) < 4.78 is 0. The van der Waals surface area contributed by atoms with E-state index in [4.69, 9.17) is 5.73 Å². The molecule has 1 aliphatic carbocycles. The third-order valence-electron chi connectivity index (χ3n) is 2.63. The number of amides is 1. The maximum atomic E-state index is 11.7.